The van der Waals surface area contributed by atoms with Gasteiger partial charge in [-0.15, -0.1) is 0 Å². The van der Waals surface area contributed by atoms with E-state index in [0.29, 0.717) is 5.78 Å². The standard InChI is InChI=1S/C5H8INO/c1-4(8)5-2-3-7(5)6/h5H,2-3H2,1H3/t5-/m0/s1. The van der Waals surface area contributed by atoms with E-state index >= 15 is 0 Å². The Morgan fingerprint density at radius 2 is 2.50 bits per heavy atom. The summed E-state index contributed by atoms with van der Waals surface area (Å²) in [7, 11) is 0. The molecule has 0 N–H and O–H groups in total. The molecule has 0 radical (unpaired) electrons. The fourth-order valence-corrected chi connectivity index (χ4v) is 1.71. The lowest BCUT2D eigenvalue weighted by Gasteiger charge is -2.33. The number of nitrogens with zero attached hydrogens (tertiary/aromatic N) is 1. The molecular weight excluding hydrogens is 217 g/mol. The number of Topliss-reactive ketones (excluding diaryl/α,β-unsaturated/α-hetero) is 1. The highest BCUT2D eigenvalue weighted by atomic mass is 127. The SMILES string of the molecule is CC(=O)[C@@H]1CCN1I. The highest BCUT2D eigenvalue weighted by Gasteiger charge is 2.29. The minimum atomic E-state index is 0.232. The summed E-state index contributed by atoms with van der Waals surface area (Å²) < 4.78 is 2.04. The van der Waals surface area contributed by atoms with E-state index in [0.717, 1.165) is 13.0 Å². The summed E-state index contributed by atoms with van der Waals surface area (Å²) >= 11 is 2.18. The van der Waals surface area contributed by atoms with Crippen molar-refractivity contribution in [1.29, 1.82) is 0 Å². The average molecular weight is 225 g/mol. The second kappa shape index (κ2) is 2.31. The maximum Gasteiger partial charge on any atom is 0.147 e. The van der Waals surface area contributed by atoms with Crippen molar-refractivity contribution >= 4 is 28.6 Å². The summed E-state index contributed by atoms with van der Waals surface area (Å²) in [6, 6.07) is 0.232. The van der Waals surface area contributed by atoms with E-state index in [1.54, 1.807) is 6.92 Å². The van der Waals surface area contributed by atoms with E-state index in [4.69, 9.17) is 0 Å². The molecule has 1 heterocycles. The van der Waals surface area contributed by atoms with Crippen LogP contribution < -0.4 is 0 Å². The van der Waals surface area contributed by atoms with Crippen LogP contribution in [0.3, 0.4) is 0 Å². The van der Waals surface area contributed by atoms with Gasteiger partial charge in [0.05, 0.1) is 6.04 Å². The van der Waals surface area contributed by atoms with Crippen molar-refractivity contribution in [3.8, 4) is 0 Å². The Labute approximate surface area is 62.7 Å². The Kier molecular flexibility index (Phi) is 1.87. The van der Waals surface area contributed by atoms with Crippen LogP contribution in [0.15, 0.2) is 0 Å². The molecular formula is C5H8INO. The molecule has 3 heteroatoms. The van der Waals surface area contributed by atoms with Crippen molar-refractivity contribution in [2.24, 2.45) is 0 Å². The van der Waals surface area contributed by atoms with Crippen molar-refractivity contribution in [2.45, 2.75) is 19.4 Å². The van der Waals surface area contributed by atoms with Crippen molar-refractivity contribution in [3.05, 3.63) is 0 Å². The van der Waals surface area contributed by atoms with Crippen LogP contribution in [0.4, 0.5) is 0 Å². The molecule has 2 nitrogen and oxygen atoms in total. The lowest BCUT2D eigenvalue weighted by atomic mass is 10.0. The van der Waals surface area contributed by atoms with Crippen LogP contribution in [0.1, 0.15) is 13.3 Å². The second-order valence-corrected chi connectivity index (χ2v) is 3.28. The molecule has 1 fully saturated rings. The van der Waals surface area contributed by atoms with E-state index in [2.05, 4.69) is 22.9 Å². The van der Waals surface area contributed by atoms with Gasteiger partial charge in [0.25, 0.3) is 0 Å². The molecule has 0 aromatic rings. The molecule has 0 saturated carbocycles. The molecule has 1 aliphatic heterocycles. The Morgan fingerprint density at radius 3 is 2.50 bits per heavy atom. The molecule has 8 heavy (non-hydrogen) atoms. The van der Waals surface area contributed by atoms with Crippen LogP contribution in [0, 0.1) is 0 Å². The van der Waals surface area contributed by atoms with Crippen LogP contribution in [0.25, 0.3) is 0 Å². The van der Waals surface area contributed by atoms with Crippen LogP contribution in [0.5, 0.6) is 0 Å². The lowest BCUT2D eigenvalue weighted by molar-refractivity contribution is -0.122. The Balaban J connectivity index is 2.37. The smallest absolute Gasteiger partial charge is 0.147 e. The van der Waals surface area contributed by atoms with Gasteiger partial charge in [0.1, 0.15) is 5.78 Å². The molecule has 0 unspecified atom stereocenters. The van der Waals surface area contributed by atoms with Gasteiger partial charge in [-0.2, -0.15) is 0 Å². The monoisotopic (exact) mass is 225 g/mol. The fourth-order valence-electron chi connectivity index (χ4n) is 0.756. The number of carbonyl (C=O) groups excluding carboxylic acids is 1. The number of carbonyl (C=O) groups is 1. The van der Waals surface area contributed by atoms with E-state index in [1.165, 1.54) is 0 Å². The van der Waals surface area contributed by atoms with Gasteiger partial charge in [0, 0.05) is 29.4 Å². The summed E-state index contributed by atoms with van der Waals surface area (Å²) in [5.41, 5.74) is 0. The van der Waals surface area contributed by atoms with Gasteiger partial charge in [0.15, 0.2) is 0 Å². The first-order chi connectivity index (χ1) is 3.72. The van der Waals surface area contributed by atoms with Crippen molar-refractivity contribution < 1.29 is 4.79 Å². The highest BCUT2D eigenvalue weighted by Crippen LogP contribution is 2.21. The van der Waals surface area contributed by atoms with Crippen LogP contribution in [-0.4, -0.2) is 21.5 Å². The third-order valence-corrected chi connectivity index (χ3v) is 2.58. The number of halogens is 1. The maximum absolute atomic E-state index is 10.6. The van der Waals surface area contributed by atoms with E-state index in [1.807, 2.05) is 3.11 Å². The number of ketones is 1. The fraction of sp³-hybridized carbons (Fsp3) is 0.800. The molecule has 0 aromatic carbocycles. The summed E-state index contributed by atoms with van der Waals surface area (Å²) in [4.78, 5) is 10.6. The maximum atomic E-state index is 10.6. The Morgan fingerprint density at radius 1 is 1.88 bits per heavy atom. The van der Waals surface area contributed by atoms with Gasteiger partial charge in [-0.25, -0.2) is 3.11 Å². The molecule has 0 amide bonds. The zero-order valence-electron chi connectivity index (χ0n) is 4.72. The van der Waals surface area contributed by atoms with E-state index in [9.17, 15) is 4.79 Å². The molecule has 1 aliphatic rings. The minimum Gasteiger partial charge on any atom is -0.298 e. The average Bonchev–Trinajstić information content (AvgIpc) is 1.61. The van der Waals surface area contributed by atoms with Crippen molar-refractivity contribution in [2.75, 3.05) is 6.54 Å². The first-order valence-electron chi connectivity index (χ1n) is 2.64. The van der Waals surface area contributed by atoms with Gasteiger partial charge in [0.2, 0.25) is 0 Å². The van der Waals surface area contributed by atoms with Gasteiger partial charge in [-0.3, -0.25) is 4.79 Å². The largest absolute Gasteiger partial charge is 0.298 e. The molecule has 0 aromatic heterocycles. The first kappa shape index (κ1) is 6.48. The van der Waals surface area contributed by atoms with Gasteiger partial charge < -0.3 is 0 Å². The number of rotatable bonds is 1. The quantitative estimate of drug-likeness (QED) is 0.490. The van der Waals surface area contributed by atoms with Crippen LogP contribution in [-0.2, 0) is 4.79 Å². The van der Waals surface area contributed by atoms with Crippen molar-refractivity contribution in [3.63, 3.8) is 0 Å². The highest BCUT2D eigenvalue weighted by molar-refractivity contribution is 14.1. The Bertz CT molecular complexity index is 115. The second-order valence-electron chi connectivity index (χ2n) is 2.04. The molecule has 1 atom stereocenters. The molecule has 1 saturated heterocycles. The van der Waals surface area contributed by atoms with Gasteiger partial charge in [-0.05, 0) is 13.3 Å². The topological polar surface area (TPSA) is 20.3 Å². The Hall–Kier alpha value is 0.360. The number of hydrogen-bond acceptors (Lipinski definition) is 2. The van der Waals surface area contributed by atoms with Gasteiger partial charge >= 0.3 is 0 Å². The van der Waals surface area contributed by atoms with Crippen LogP contribution in [0.2, 0.25) is 0 Å². The lowest BCUT2D eigenvalue weighted by Crippen LogP contribution is -2.44. The normalized spacial score (nSPS) is 29.5. The van der Waals surface area contributed by atoms with Gasteiger partial charge in [-0.1, -0.05) is 0 Å². The molecule has 0 bridgehead atoms. The number of hydrogen-bond donors (Lipinski definition) is 0. The van der Waals surface area contributed by atoms with E-state index < -0.39 is 0 Å². The summed E-state index contributed by atoms with van der Waals surface area (Å²) in [5, 5.41) is 0. The zero-order valence-corrected chi connectivity index (χ0v) is 6.88. The minimum absolute atomic E-state index is 0.232. The summed E-state index contributed by atoms with van der Waals surface area (Å²) in [6.45, 7) is 2.72. The predicted octanol–water partition coefficient (Wildman–Crippen LogP) is 1.000. The molecule has 46 valence electrons. The zero-order chi connectivity index (χ0) is 6.15. The van der Waals surface area contributed by atoms with E-state index in [-0.39, 0.29) is 6.04 Å². The summed E-state index contributed by atoms with van der Waals surface area (Å²) in [5.74, 6) is 0.297. The molecule has 1 rings (SSSR count). The molecule has 0 aliphatic carbocycles. The van der Waals surface area contributed by atoms with Crippen LogP contribution >= 0.6 is 22.9 Å². The predicted molar refractivity (Wildman–Crippen MR) is 39.8 cm³/mol. The first-order valence-corrected chi connectivity index (χ1v) is 3.61. The summed E-state index contributed by atoms with van der Waals surface area (Å²) in [6.07, 6.45) is 1.05. The van der Waals surface area contributed by atoms with Crippen molar-refractivity contribution in [1.82, 2.24) is 3.11 Å². The molecule has 0 spiro atoms. The third-order valence-electron chi connectivity index (χ3n) is 1.42. The third kappa shape index (κ3) is 1.02.